The van der Waals surface area contributed by atoms with Crippen molar-refractivity contribution in [1.82, 2.24) is 0 Å². The van der Waals surface area contributed by atoms with Gasteiger partial charge in [-0.2, -0.15) is 0 Å². The quantitative estimate of drug-likeness (QED) is 0.447. The molecule has 4 nitrogen and oxygen atoms in total. The molecule has 2 rings (SSSR count). The maximum absolute atomic E-state index is 11.0. The second kappa shape index (κ2) is 6.34. The van der Waals surface area contributed by atoms with Gasteiger partial charge in [-0.3, -0.25) is 4.79 Å². The normalized spacial score (nSPS) is 35.1. The van der Waals surface area contributed by atoms with E-state index >= 15 is 0 Å². The highest BCUT2D eigenvalue weighted by Gasteiger charge is 2.50. The first-order valence-corrected chi connectivity index (χ1v) is 6.92. The van der Waals surface area contributed by atoms with Gasteiger partial charge < -0.3 is 14.6 Å². The molecule has 2 aliphatic rings. The molecule has 0 saturated carbocycles. The molecule has 2 heterocycles. The monoisotopic (exact) mass is 254 g/mol. The molecule has 4 heteroatoms. The second-order valence-electron chi connectivity index (χ2n) is 5.07. The van der Waals surface area contributed by atoms with Gasteiger partial charge in [-0.25, -0.2) is 0 Å². The molecule has 0 spiro atoms. The smallest absolute Gasteiger partial charge is 0.309 e. The van der Waals surface area contributed by atoms with Gasteiger partial charge in [-0.1, -0.05) is 38.3 Å². The van der Waals surface area contributed by atoms with Crippen molar-refractivity contribution in [2.75, 3.05) is 0 Å². The van der Waals surface area contributed by atoms with Crippen LogP contribution in [0.1, 0.15) is 45.4 Å². The van der Waals surface area contributed by atoms with Crippen LogP contribution in [-0.2, 0) is 14.3 Å². The zero-order valence-electron chi connectivity index (χ0n) is 10.9. The molecule has 0 aliphatic carbocycles. The van der Waals surface area contributed by atoms with E-state index < -0.39 is 12.2 Å². The summed E-state index contributed by atoms with van der Waals surface area (Å²) in [6.07, 6.45) is 8.42. The Kier molecular flexibility index (Phi) is 4.78. The lowest BCUT2D eigenvalue weighted by atomic mass is 10.1. The van der Waals surface area contributed by atoms with Crippen LogP contribution in [0.5, 0.6) is 0 Å². The highest BCUT2D eigenvalue weighted by molar-refractivity contribution is 5.73. The fraction of sp³-hybridized carbons (Fsp3) is 0.786. The van der Waals surface area contributed by atoms with Gasteiger partial charge in [0.1, 0.15) is 18.3 Å². The van der Waals surface area contributed by atoms with E-state index in [0.29, 0.717) is 0 Å². The highest BCUT2D eigenvalue weighted by atomic mass is 16.6. The van der Waals surface area contributed by atoms with Crippen LogP contribution in [-0.4, -0.2) is 35.5 Å². The lowest BCUT2D eigenvalue weighted by Gasteiger charge is -2.12. The molecular weight excluding hydrogens is 232 g/mol. The molecule has 102 valence electrons. The van der Waals surface area contributed by atoms with Gasteiger partial charge in [-0.15, -0.1) is 0 Å². The Hall–Kier alpha value is -0.870. The SMILES string of the molecule is CCCCCCC=CC1OC2CC(=O)OC2C1O. The largest absolute Gasteiger partial charge is 0.457 e. The molecular formula is C14H22O4. The summed E-state index contributed by atoms with van der Waals surface area (Å²) < 4.78 is 10.7. The van der Waals surface area contributed by atoms with Crippen LogP contribution in [0.4, 0.5) is 0 Å². The Morgan fingerprint density at radius 1 is 1.39 bits per heavy atom. The number of rotatable bonds is 6. The third kappa shape index (κ3) is 3.12. The summed E-state index contributed by atoms with van der Waals surface area (Å²) in [4.78, 5) is 11.0. The maximum atomic E-state index is 11.0. The number of ether oxygens (including phenoxy) is 2. The first kappa shape index (κ1) is 13.6. The number of unbranched alkanes of at least 4 members (excludes halogenated alkanes) is 4. The van der Waals surface area contributed by atoms with Crippen molar-refractivity contribution in [3.05, 3.63) is 12.2 Å². The van der Waals surface area contributed by atoms with Gasteiger partial charge in [0.2, 0.25) is 0 Å². The standard InChI is InChI=1S/C14H22O4/c1-2-3-4-5-6-7-8-10-13(16)14-11(17-10)9-12(15)18-14/h7-8,10-11,13-14,16H,2-6,9H2,1H3. The van der Waals surface area contributed by atoms with Crippen molar-refractivity contribution in [3.63, 3.8) is 0 Å². The number of hydrogen-bond acceptors (Lipinski definition) is 4. The summed E-state index contributed by atoms with van der Waals surface area (Å²) in [5.41, 5.74) is 0. The second-order valence-corrected chi connectivity index (χ2v) is 5.07. The van der Waals surface area contributed by atoms with Crippen LogP contribution in [0.15, 0.2) is 12.2 Å². The predicted molar refractivity (Wildman–Crippen MR) is 67.1 cm³/mol. The number of hydrogen-bond donors (Lipinski definition) is 1. The lowest BCUT2D eigenvalue weighted by molar-refractivity contribution is -0.145. The topological polar surface area (TPSA) is 55.8 Å². The van der Waals surface area contributed by atoms with Crippen molar-refractivity contribution >= 4 is 5.97 Å². The number of fused-ring (bicyclic) bond motifs is 1. The molecule has 0 amide bonds. The number of carbonyl (C=O) groups excluding carboxylic acids is 1. The van der Waals surface area contributed by atoms with Crippen LogP contribution in [0.2, 0.25) is 0 Å². The zero-order chi connectivity index (χ0) is 13.0. The summed E-state index contributed by atoms with van der Waals surface area (Å²) in [6, 6.07) is 0. The van der Waals surface area contributed by atoms with Crippen LogP contribution in [0, 0.1) is 0 Å². The molecule has 0 aromatic carbocycles. The van der Waals surface area contributed by atoms with Gasteiger partial charge in [-0.05, 0) is 12.8 Å². The van der Waals surface area contributed by atoms with Gasteiger partial charge in [0.05, 0.1) is 6.42 Å². The molecule has 2 fully saturated rings. The van der Waals surface area contributed by atoms with Crippen molar-refractivity contribution in [2.45, 2.75) is 69.9 Å². The van der Waals surface area contributed by atoms with E-state index in [2.05, 4.69) is 13.0 Å². The fourth-order valence-electron chi connectivity index (χ4n) is 2.52. The van der Waals surface area contributed by atoms with Crippen molar-refractivity contribution in [3.8, 4) is 0 Å². The van der Waals surface area contributed by atoms with Crippen LogP contribution in [0.25, 0.3) is 0 Å². The van der Waals surface area contributed by atoms with Crippen molar-refractivity contribution in [2.24, 2.45) is 0 Å². The van der Waals surface area contributed by atoms with Crippen LogP contribution >= 0.6 is 0 Å². The van der Waals surface area contributed by atoms with E-state index in [0.717, 1.165) is 6.42 Å². The minimum atomic E-state index is -0.714. The third-order valence-corrected chi connectivity index (χ3v) is 3.56. The van der Waals surface area contributed by atoms with E-state index in [1.54, 1.807) is 0 Å². The number of allylic oxidation sites excluding steroid dienone is 1. The number of aliphatic hydroxyl groups is 1. The summed E-state index contributed by atoms with van der Waals surface area (Å²) >= 11 is 0. The van der Waals surface area contributed by atoms with Crippen LogP contribution in [0.3, 0.4) is 0 Å². The number of aliphatic hydroxyl groups excluding tert-OH is 1. The van der Waals surface area contributed by atoms with E-state index in [1.807, 2.05) is 6.08 Å². The number of esters is 1. The van der Waals surface area contributed by atoms with Gasteiger partial charge in [0.25, 0.3) is 0 Å². The van der Waals surface area contributed by atoms with Crippen LogP contribution < -0.4 is 0 Å². The minimum absolute atomic E-state index is 0.262. The van der Waals surface area contributed by atoms with Gasteiger partial charge in [0.15, 0.2) is 6.10 Å². The van der Waals surface area contributed by atoms with E-state index in [1.165, 1.54) is 25.7 Å². The van der Waals surface area contributed by atoms with E-state index in [-0.39, 0.29) is 24.6 Å². The highest BCUT2D eigenvalue weighted by Crippen LogP contribution is 2.32. The predicted octanol–water partition coefficient (Wildman–Crippen LogP) is 1.96. The summed E-state index contributed by atoms with van der Waals surface area (Å²) in [5, 5.41) is 9.96. The van der Waals surface area contributed by atoms with Crippen molar-refractivity contribution in [1.29, 1.82) is 0 Å². The van der Waals surface area contributed by atoms with Gasteiger partial charge in [0, 0.05) is 0 Å². The fourth-order valence-corrected chi connectivity index (χ4v) is 2.52. The third-order valence-electron chi connectivity index (χ3n) is 3.56. The molecule has 0 aromatic rings. The average molecular weight is 254 g/mol. The Bertz CT molecular complexity index is 313. The molecule has 1 N–H and O–H groups in total. The molecule has 0 bridgehead atoms. The molecule has 4 unspecified atom stereocenters. The minimum Gasteiger partial charge on any atom is -0.457 e. The Morgan fingerprint density at radius 2 is 2.22 bits per heavy atom. The summed E-state index contributed by atoms with van der Waals surface area (Å²) in [6.45, 7) is 2.19. The average Bonchev–Trinajstić information content (AvgIpc) is 2.83. The molecule has 18 heavy (non-hydrogen) atoms. The number of carbonyl (C=O) groups is 1. The first-order valence-electron chi connectivity index (χ1n) is 6.92. The van der Waals surface area contributed by atoms with E-state index in [9.17, 15) is 9.90 Å². The Balaban J connectivity index is 1.71. The van der Waals surface area contributed by atoms with E-state index in [4.69, 9.17) is 9.47 Å². The zero-order valence-corrected chi connectivity index (χ0v) is 10.9. The molecule has 2 saturated heterocycles. The lowest BCUT2D eigenvalue weighted by Crippen LogP contribution is -2.30. The van der Waals surface area contributed by atoms with Gasteiger partial charge >= 0.3 is 5.97 Å². The molecule has 0 radical (unpaired) electrons. The molecule has 4 atom stereocenters. The Morgan fingerprint density at radius 3 is 2.94 bits per heavy atom. The van der Waals surface area contributed by atoms with Crippen molar-refractivity contribution < 1.29 is 19.4 Å². The first-order chi connectivity index (χ1) is 8.72. The molecule has 0 aromatic heterocycles. The summed E-state index contributed by atoms with van der Waals surface area (Å²) in [7, 11) is 0. The maximum Gasteiger partial charge on any atom is 0.309 e. The molecule has 2 aliphatic heterocycles. The Labute approximate surface area is 108 Å². The summed E-state index contributed by atoms with van der Waals surface area (Å²) in [5.74, 6) is -0.272.